The molecule has 0 amide bonds. The van der Waals surface area contributed by atoms with E-state index in [2.05, 4.69) is 0 Å². The average molecular weight is 518 g/mol. The summed E-state index contributed by atoms with van der Waals surface area (Å²) in [6.45, 7) is 0.692. The van der Waals surface area contributed by atoms with Crippen LogP contribution in [-0.4, -0.2) is 58.7 Å². The Morgan fingerprint density at radius 2 is 0.875 bits per heavy atom. The highest BCUT2D eigenvalue weighted by Gasteiger charge is 2.95. The minimum Gasteiger partial charge on any atom is -0.478 e. The van der Waals surface area contributed by atoms with Crippen molar-refractivity contribution < 1.29 is 84.5 Å². The van der Waals surface area contributed by atoms with Crippen molar-refractivity contribution >= 4 is 5.97 Å². The summed E-state index contributed by atoms with van der Waals surface area (Å²) in [4.78, 5) is 10.6. The van der Waals surface area contributed by atoms with Crippen molar-refractivity contribution in [2.24, 2.45) is 0 Å². The van der Waals surface area contributed by atoms with Gasteiger partial charge < -0.3 is 5.11 Å². The molecule has 32 heavy (non-hydrogen) atoms. The van der Waals surface area contributed by atoms with Gasteiger partial charge in [0.1, 0.15) is 5.57 Å². The summed E-state index contributed by atoms with van der Waals surface area (Å²) in [6.07, 6.45) is -9.35. The zero-order valence-electron chi connectivity index (χ0n) is 14.6. The predicted molar refractivity (Wildman–Crippen MR) is 66.7 cm³/mol. The van der Waals surface area contributed by atoms with Crippen LogP contribution in [0.4, 0.5) is 74.6 Å². The zero-order valence-corrected chi connectivity index (χ0v) is 14.6. The highest BCUT2D eigenvalue weighted by Crippen LogP contribution is 2.64. The minimum absolute atomic E-state index is 0.505. The van der Waals surface area contributed by atoms with Crippen LogP contribution in [0.5, 0.6) is 0 Å². The number of hydrogen-bond donors (Lipinski definition) is 1. The van der Waals surface area contributed by atoms with Gasteiger partial charge in [-0.05, 0) is 6.42 Å². The molecule has 0 saturated heterocycles. The molecule has 19 heteroatoms. The van der Waals surface area contributed by atoms with Crippen molar-refractivity contribution in [3.05, 3.63) is 11.6 Å². The monoisotopic (exact) mass is 518 g/mol. The summed E-state index contributed by atoms with van der Waals surface area (Å²) in [5.41, 5.74) is -3.13. The Balaban J connectivity index is 6.98. The van der Waals surface area contributed by atoms with E-state index in [4.69, 9.17) is 5.11 Å². The standard InChI is InChI=1S/C13H7F17O2/c1-2-3-4(5(31)32)6(14,15)7(16,17)8(18,19)9(20,21)10(22,23)11(24,25)12(26,27)13(28,29)30/h3H,2H2,1H3,(H,31,32). The van der Waals surface area contributed by atoms with Gasteiger partial charge in [0, 0.05) is 0 Å². The lowest BCUT2D eigenvalue weighted by atomic mass is 9.87. The van der Waals surface area contributed by atoms with E-state index in [0.29, 0.717) is 6.92 Å². The normalized spacial score (nSPS) is 16.4. The maximum Gasteiger partial charge on any atom is 0.460 e. The van der Waals surface area contributed by atoms with Gasteiger partial charge in [-0.25, -0.2) is 4.79 Å². The fourth-order valence-electron chi connectivity index (χ4n) is 1.89. The van der Waals surface area contributed by atoms with Crippen LogP contribution < -0.4 is 0 Å². The van der Waals surface area contributed by atoms with E-state index in [0.717, 1.165) is 0 Å². The Bertz CT molecular complexity index is 746. The quantitative estimate of drug-likeness (QED) is 0.283. The molecule has 0 radical (unpaired) electrons. The number of alkyl halides is 17. The maximum absolute atomic E-state index is 13.7. The molecule has 0 unspecified atom stereocenters. The number of halogens is 17. The first-order chi connectivity index (χ1) is 13.6. The molecule has 0 aliphatic heterocycles. The van der Waals surface area contributed by atoms with Crippen LogP contribution >= 0.6 is 0 Å². The van der Waals surface area contributed by atoms with Gasteiger partial charge >= 0.3 is 53.6 Å². The molecule has 0 spiro atoms. The zero-order chi connectivity index (χ0) is 26.6. The third-order valence-corrected chi connectivity index (χ3v) is 3.70. The summed E-state index contributed by atoms with van der Waals surface area (Å²) < 4.78 is 222. The molecule has 0 aromatic carbocycles. The topological polar surface area (TPSA) is 37.3 Å². The van der Waals surface area contributed by atoms with Crippen molar-refractivity contribution in [1.29, 1.82) is 0 Å². The molecule has 0 aliphatic carbocycles. The highest BCUT2D eigenvalue weighted by atomic mass is 19.4. The summed E-state index contributed by atoms with van der Waals surface area (Å²) in [7, 11) is 0. The van der Waals surface area contributed by atoms with Gasteiger partial charge in [0.25, 0.3) is 0 Å². The van der Waals surface area contributed by atoms with Crippen molar-refractivity contribution in [2.75, 3.05) is 0 Å². The SMILES string of the molecule is CCC=C(C(=O)O)C(F)(F)C(F)(F)C(F)(F)C(F)(F)C(F)(F)C(F)(F)C(F)(F)C(F)(F)F. The third-order valence-electron chi connectivity index (χ3n) is 3.70. The van der Waals surface area contributed by atoms with Crippen molar-refractivity contribution in [3.63, 3.8) is 0 Å². The van der Waals surface area contributed by atoms with Gasteiger partial charge in [-0.15, -0.1) is 0 Å². The second-order valence-corrected chi connectivity index (χ2v) is 5.85. The number of carboxylic acid groups (broad SMARTS) is 1. The molecule has 0 atom stereocenters. The van der Waals surface area contributed by atoms with E-state index in [1.165, 1.54) is 0 Å². The fraction of sp³-hybridized carbons (Fsp3) is 0.769. The first-order valence-electron chi connectivity index (χ1n) is 7.29. The lowest BCUT2D eigenvalue weighted by Gasteiger charge is -2.42. The third kappa shape index (κ3) is 3.73. The molecule has 0 aromatic heterocycles. The van der Waals surface area contributed by atoms with Crippen LogP contribution in [0.1, 0.15) is 13.3 Å². The van der Waals surface area contributed by atoms with Crippen LogP contribution in [0.3, 0.4) is 0 Å². The average Bonchev–Trinajstić information content (AvgIpc) is 2.56. The van der Waals surface area contributed by atoms with E-state index in [1.807, 2.05) is 0 Å². The number of hydrogen-bond acceptors (Lipinski definition) is 1. The largest absolute Gasteiger partial charge is 0.478 e. The van der Waals surface area contributed by atoms with Crippen LogP contribution in [0.25, 0.3) is 0 Å². The first kappa shape index (κ1) is 30.0. The van der Waals surface area contributed by atoms with Crippen LogP contribution in [-0.2, 0) is 4.79 Å². The molecule has 2 nitrogen and oxygen atoms in total. The van der Waals surface area contributed by atoms with Crippen molar-refractivity contribution in [3.8, 4) is 0 Å². The van der Waals surface area contributed by atoms with E-state index in [-0.39, 0.29) is 0 Å². The fourth-order valence-corrected chi connectivity index (χ4v) is 1.89. The Morgan fingerprint density at radius 1 is 0.594 bits per heavy atom. The summed E-state index contributed by atoms with van der Waals surface area (Å²) in [5, 5.41) is 8.35. The second kappa shape index (κ2) is 7.81. The van der Waals surface area contributed by atoms with E-state index < -0.39 is 71.7 Å². The molecular weight excluding hydrogens is 511 g/mol. The lowest BCUT2D eigenvalue weighted by molar-refractivity contribution is -0.460. The molecular formula is C13H7F17O2. The molecule has 0 aromatic rings. The van der Waals surface area contributed by atoms with E-state index in [9.17, 15) is 79.4 Å². The molecule has 0 rings (SSSR count). The Morgan fingerprint density at radius 3 is 1.12 bits per heavy atom. The van der Waals surface area contributed by atoms with E-state index in [1.54, 1.807) is 0 Å². The van der Waals surface area contributed by atoms with Crippen LogP contribution in [0.15, 0.2) is 11.6 Å². The molecule has 0 aliphatic rings. The Labute approximate surface area is 164 Å². The molecule has 1 N–H and O–H groups in total. The maximum atomic E-state index is 13.7. The predicted octanol–water partition coefficient (Wildman–Crippen LogP) is 6.42. The van der Waals surface area contributed by atoms with Crippen molar-refractivity contribution in [1.82, 2.24) is 0 Å². The highest BCUT2D eigenvalue weighted by molar-refractivity contribution is 5.88. The molecule has 0 bridgehead atoms. The van der Waals surface area contributed by atoms with Crippen molar-refractivity contribution in [2.45, 2.75) is 61.0 Å². The molecule has 0 saturated carbocycles. The van der Waals surface area contributed by atoms with Gasteiger partial charge in [0.15, 0.2) is 0 Å². The number of allylic oxidation sites excluding steroid dienone is 1. The second-order valence-electron chi connectivity index (χ2n) is 5.85. The van der Waals surface area contributed by atoms with Gasteiger partial charge in [-0.2, -0.15) is 74.6 Å². The summed E-state index contributed by atoms with van der Waals surface area (Å²) in [6, 6.07) is 0. The van der Waals surface area contributed by atoms with Gasteiger partial charge in [0.2, 0.25) is 0 Å². The summed E-state index contributed by atoms with van der Waals surface area (Å²) in [5.74, 6) is -61.2. The van der Waals surface area contributed by atoms with Crippen LogP contribution in [0, 0.1) is 0 Å². The van der Waals surface area contributed by atoms with Gasteiger partial charge in [0.05, 0.1) is 0 Å². The number of rotatable bonds is 9. The smallest absolute Gasteiger partial charge is 0.460 e. The summed E-state index contributed by atoms with van der Waals surface area (Å²) >= 11 is 0. The molecule has 0 heterocycles. The minimum atomic E-state index is -8.75. The Kier molecular flexibility index (Phi) is 7.32. The van der Waals surface area contributed by atoms with Crippen LogP contribution in [0.2, 0.25) is 0 Å². The molecule has 0 fully saturated rings. The lowest BCUT2D eigenvalue weighted by Crippen LogP contribution is -2.74. The first-order valence-corrected chi connectivity index (χ1v) is 7.29. The van der Waals surface area contributed by atoms with E-state index >= 15 is 0 Å². The number of carboxylic acids is 1. The van der Waals surface area contributed by atoms with Gasteiger partial charge in [-0.3, -0.25) is 0 Å². The number of carbonyl (C=O) groups is 1. The molecule has 190 valence electrons. The Hall–Kier alpha value is -1.98. The number of aliphatic carboxylic acids is 1. The van der Waals surface area contributed by atoms with Gasteiger partial charge in [-0.1, -0.05) is 13.0 Å².